The van der Waals surface area contributed by atoms with Crippen molar-refractivity contribution in [2.24, 2.45) is 5.73 Å². The highest BCUT2D eigenvalue weighted by Crippen LogP contribution is 2.39. The lowest BCUT2D eigenvalue weighted by Crippen LogP contribution is -2.41. The quantitative estimate of drug-likeness (QED) is 0.768. The average molecular weight is 365 g/mol. The van der Waals surface area contributed by atoms with E-state index in [1.54, 1.807) is 29.8 Å². The molecular formula is C19H19N5OS. The number of carbonyl (C=O) groups excluding carboxylic acids is 1. The molecule has 7 heteroatoms. The fourth-order valence-electron chi connectivity index (χ4n) is 3.45. The monoisotopic (exact) mass is 365 g/mol. The Hall–Kier alpha value is -2.80. The van der Waals surface area contributed by atoms with Crippen molar-refractivity contribution >= 4 is 22.9 Å². The number of hydrogen-bond donors (Lipinski definition) is 1. The molecule has 0 spiro atoms. The summed E-state index contributed by atoms with van der Waals surface area (Å²) in [7, 11) is 0. The topological polar surface area (TPSA) is 85.0 Å². The van der Waals surface area contributed by atoms with Crippen LogP contribution in [0.3, 0.4) is 0 Å². The fraction of sp³-hybridized carbons (Fsp3) is 0.263. The van der Waals surface area contributed by atoms with Crippen molar-refractivity contribution in [3.8, 4) is 10.8 Å². The van der Waals surface area contributed by atoms with E-state index in [0.717, 1.165) is 22.0 Å². The van der Waals surface area contributed by atoms with E-state index in [0.29, 0.717) is 18.8 Å². The first kappa shape index (κ1) is 16.7. The maximum atomic E-state index is 11.9. The first-order valence-corrected chi connectivity index (χ1v) is 9.38. The van der Waals surface area contributed by atoms with Crippen LogP contribution in [0, 0.1) is 0 Å². The number of nitrogens with zero attached hydrogens (tertiary/aromatic N) is 4. The van der Waals surface area contributed by atoms with Crippen LogP contribution in [0.15, 0.2) is 48.1 Å². The van der Waals surface area contributed by atoms with E-state index >= 15 is 0 Å². The number of carbonyl (C=O) groups is 1. The van der Waals surface area contributed by atoms with E-state index < -0.39 is 0 Å². The van der Waals surface area contributed by atoms with Crippen molar-refractivity contribution in [1.29, 1.82) is 0 Å². The molecule has 26 heavy (non-hydrogen) atoms. The molecule has 4 rings (SSSR count). The molecule has 1 aliphatic rings. The first-order valence-electron chi connectivity index (χ1n) is 8.50. The van der Waals surface area contributed by atoms with Gasteiger partial charge in [0, 0.05) is 29.5 Å². The zero-order valence-electron chi connectivity index (χ0n) is 14.4. The number of aromatic nitrogens is 3. The van der Waals surface area contributed by atoms with Gasteiger partial charge in [-0.05, 0) is 31.0 Å². The Morgan fingerprint density at radius 2 is 2.04 bits per heavy atom. The number of nitrogens with two attached hydrogens (primary N) is 1. The molecule has 3 heterocycles. The molecule has 1 aromatic carbocycles. The van der Waals surface area contributed by atoms with Crippen molar-refractivity contribution in [2.45, 2.75) is 31.8 Å². The van der Waals surface area contributed by atoms with Gasteiger partial charge >= 0.3 is 0 Å². The lowest BCUT2D eigenvalue weighted by molar-refractivity contribution is -0.119. The SMILES string of the molecule is CC1CC(C(N)=O)c2ccccc2N1Cc1csc(-c2ncccn2)n1. The fourth-order valence-corrected chi connectivity index (χ4v) is 4.21. The average Bonchev–Trinajstić information content (AvgIpc) is 3.13. The molecular weight excluding hydrogens is 346 g/mol. The molecule has 3 aromatic rings. The second-order valence-electron chi connectivity index (χ2n) is 6.44. The van der Waals surface area contributed by atoms with Gasteiger partial charge in [0.1, 0.15) is 0 Å². The van der Waals surface area contributed by atoms with E-state index in [4.69, 9.17) is 10.7 Å². The van der Waals surface area contributed by atoms with Gasteiger partial charge < -0.3 is 10.6 Å². The predicted molar refractivity (Wildman–Crippen MR) is 102 cm³/mol. The third-order valence-electron chi connectivity index (χ3n) is 4.72. The second kappa shape index (κ2) is 6.84. The maximum absolute atomic E-state index is 11.9. The summed E-state index contributed by atoms with van der Waals surface area (Å²) in [5.74, 6) is 0.145. The Morgan fingerprint density at radius 3 is 2.81 bits per heavy atom. The second-order valence-corrected chi connectivity index (χ2v) is 7.30. The van der Waals surface area contributed by atoms with Gasteiger partial charge in [0.2, 0.25) is 5.91 Å². The first-order chi connectivity index (χ1) is 12.6. The highest BCUT2D eigenvalue weighted by atomic mass is 32.1. The summed E-state index contributed by atoms with van der Waals surface area (Å²) in [5, 5.41) is 2.86. The number of primary amides is 1. The number of para-hydroxylation sites is 1. The Labute approximate surface area is 155 Å². The number of thiazole rings is 1. The molecule has 1 aliphatic heterocycles. The number of rotatable bonds is 4. The van der Waals surface area contributed by atoms with Gasteiger partial charge in [-0.25, -0.2) is 15.0 Å². The van der Waals surface area contributed by atoms with Crippen LogP contribution < -0.4 is 10.6 Å². The summed E-state index contributed by atoms with van der Waals surface area (Å²) >= 11 is 1.54. The van der Waals surface area contributed by atoms with Crippen molar-refractivity contribution in [3.05, 3.63) is 59.4 Å². The minimum absolute atomic E-state index is 0.195. The minimum atomic E-state index is -0.263. The smallest absolute Gasteiger partial charge is 0.225 e. The summed E-state index contributed by atoms with van der Waals surface area (Å²) < 4.78 is 0. The van der Waals surface area contributed by atoms with Crippen LogP contribution in [0.4, 0.5) is 5.69 Å². The molecule has 0 saturated carbocycles. The molecule has 6 nitrogen and oxygen atoms in total. The van der Waals surface area contributed by atoms with E-state index in [2.05, 4.69) is 27.9 Å². The van der Waals surface area contributed by atoms with Crippen molar-refractivity contribution < 1.29 is 4.79 Å². The highest BCUT2D eigenvalue weighted by Gasteiger charge is 2.33. The summed E-state index contributed by atoms with van der Waals surface area (Å²) in [5.41, 5.74) is 8.65. The predicted octanol–water partition coefficient (Wildman–Crippen LogP) is 2.97. The van der Waals surface area contributed by atoms with E-state index in [-0.39, 0.29) is 17.9 Å². The van der Waals surface area contributed by atoms with Crippen molar-refractivity contribution in [1.82, 2.24) is 15.0 Å². The Bertz CT molecular complexity index is 926. The molecule has 132 valence electrons. The van der Waals surface area contributed by atoms with Crippen LogP contribution in [-0.2, 0) is 11.3 Å². The van der Waals surface area contributed by atoms with Crippen LogP contribution in [-0.4, -0.2) is 26.9 Å². The molecule has 2 aromatic heterocycles. The van der Waals surface area contributed by atoms with Gasteiger partial charge in [-0.1, -0.05) is 18.2 Å². The standard InChI is InChI=1S/C19H19N5OS/c1-12-9-15(17(20)25)14-5-2-3-6-16(14)24(12)10-13-11-26-19(23-13)18-21-7-4-8-22-18/h2-8,11-12,15H,9-10H2,1H3,(H2,20,25). The lowest BCUT2D eigenvalue weighted by atomic mass is 9.85. The van der Waals surface area contributed by atoms with E-state index in [1.165, 1.54) is 0 Å². The zero-order chi connectivity index (χ0) is 18.1. The molecule has 0 bridgehead atoms. The minimum Gasteiger partial charge on any atom is -0.369 e. The van der Waals surface area contributed by atoms with Crippen molar-refractivity contribution in [2.75, 3.05) is 4.90 Å². The lowest BCUT2D eigenvalue weighted by Gasteiger charge is -2.39. The van der Waals surface area contributed by atoms with Crippen LogP contribution >= 0.6 is 11.3 Å². The van der Waals surface area contributed by atoms with Crippen LogP contribution in [0.2, 0.25) is 0 Å². The van der Waals surface area contributed by atoms with Gasteiger partial charge in [-0.3, -0.25) is 4.79 Å². The molecule has 0 fully saturated rings. The Morgan fingerprint density at radius 1 is 1.27 bits per heavy atom. The third kappa shape index (κ3) is 3.06. The zero-order valence-corrected chi connectivity index (χ0v) is 15.2. The molecule has 2 unspecified atom stereocenters. The highest BCUT2D eigenvalue weighted by molar-refractivity contribution is 7.13. The normalized spacial score (nSPS) is 19.2. The van der Waals surface area contributed by atoms with Gasteiger partial charge in [0.05, 0.1) is 18.2 Å². The van der Waals surface area contributed by atoms with Crippen LogP contribution in [0.5, 0.6) is 0 Å². The summed E-state index contributed by atoms with van der Waals surface area (Å²) in [4.78, 5) is 27.4. The van der Waals surface area contributed by atoms with Gasteiger partial charge in [0.25, 0.3) is 0 Å². The number of benzene rings is 1. The van der Waals surface area contributed by atoms with E-state index in [9.17, 15) is 4.79 Å². The molecule has 1 amide bonds. The van der Waals surface area contributed by atoms with Crippen LogP contribution in [0.1, 0.15) is 30.5 Å². The Balaban J connectivity index is 1.63. The number of anilines is 1. The molecule has 2 atom stereocenters. The van der Waals surface area contributed by atoms with Crippen molar-refractivity contribution in [3.63, 3.8) is 0 Å². The molecule has 0 radical (unpaired) electrons. The molecule has 2 N–H and O–H groups in total. The van der Waals surface area contributed by atoms with Gasteiger partial charge in [0.15, 0.2) is 10.8 Å². The Kier molecular flexibility index (Phi) is 4.38. The molecule has 0 saturated heterocycles. The number of fused-ring (bicyclic) bond motifs is 1. The largest absolute Gasteiger partial charge is 0.369 e. The van der Waals surface area contributed by atoms with Gasteiger partial charge in [-0.2, -0.15) is 0 Å². The van der Waals surface area contributed by atoms with Gasteiger partial charge in [-0.15, -0.1) is 11.3 Å². The maximum Gasteiger partial charge on any atom is 0.225 e. The summed E-state index contributed by atoms with van der Waals surface area (Å²) in [6.45, 7) is 2.80. The summed E-state index contributed by atoms with van der Waals surface area (Å²) in [6, 6.07) is 9.98. The summed E-state index contributed by atoms with van der Waals surface area (Å²) in [6.07, 6.45) is 4.15. The molecule has 0 aliphatic carbocycles. The third-order valence-corrected chi connectivity index (χ3v) is 5.60. The van der Waals surface area contributed by atoms with E-state index in [1.807, 2.05) is 23.6 Å². The van der Waals surface area contributed by atoms with Crippen LogP contribution in [0.25, 0.3) is 10.8 Å². The number of hydrogen-bond acceptors (Lipinski definition) is 6. The number of amides is 1.